The monoisotopic (exact) mass is 268 g/mol. The second kappa shape index (κ2) is 9.01. The molecule has 6 nitrogen and oxygen atoms in total. The molecule has 2 aromatic carbocycles. The van der Waals surface area contributed by atoms with Crippen molar-refractivity contribution in [2.75, 3.05) is 0 Å². The molecule has 0 atom stereocenters. The average molecular weight is 269 g/mol. The number of hydrogen-bond acceptors (Lipinski definition) is 6. The van der Waals surface area contributed by atoms with Crippen molar-refractivity contribution in [1.29, 1.82) is 0 Å². The normalized spacial score (nSPS) is 8.42. The van der Waals surface area contributed by atoms with Crippen molar-refractivity contribution in [1.82, 2.24) is 0 Å². The van der Waals surface area contributed by atoms with E-state index in [1.54, 1.807) is 24.3 Å². The third kappa shape index (κ3) is 5.45. The summed E-state index contributed by atoms with van der Waals surface area (Å²) >= 11 is 0. The summed E-state index contributed by atoms with van der Waals surface area (Å²) in [6, 6.07) is 11.7. The third-order valence-corrected chi connectivity index (χ3v) is 1.93. The van der Waals surface area contributed by atoms with Crippen molar-refractivity contribution in [2.45, 2.75) is 0 Å². The molecule has 0 aliphatic rings. The maximum Gasteiger partial charge on any atom is 2.00 e. The summed E-state index contributed by atoms with van der Waals surface area (Å²) in [5.74, 6) is -0.653. The van der Waals surface area contributed by atoms with Crippen molar-refractivity contribution in [3.05, 3.63) is 58.3 Å². The van der Waals surface area contributed by atoms with Crippen LogP contribution in [0, 0.1) is 9.81 Å². The summed E-state index contributed by atoms with van der Waals surface area (Å²) < 4.78 is 0. The van der Waals surface area contributed by atoms with E-state index in [1.807, 2.05) is 0 Å². The SMILES string of the molecule is O=Nc1ccccc1[O-].O=Nc1ccccc1[O-].[Mg+2]. The van der Waals surface area contributed by atoms with Crippen molar-refractivity contribution in [3.8, 4) is 11.5 Å². The van der Waals surface area contributed by atoms with Crippen LogP contribution in [0.5, 0.6) is 11.5 Å². The van der Waals surface area contributed by atoms with E-state index in [0.717, 1.165) is 0 Å². The van der Waals surface area contributed by atoms with Gasteiger partial charge in [0.25, 0.3) is 0 Å². The van der Waals surface area contributed by atoms with Crippen LogP contribution in [-0.2, 0) is 0 Å². The van der Waals surface area contributed by atoms with Gasteiger partial charge in [0.15, 0.2) is 0 Å². The van der Waals surface area contributed by atoms with Gasteiger partial charge in [-0.2, -0.15) is 0 Å². The molecule has 92 valence electrons. The van der Waals surface area contributed by atoms with Gasteiger partial charge in [-0.15, -0.1) is 9.81 Å². The zero-order valence-electron chi connectivity index (χ0n) is 9.85. The van der Waals surface area contributed by atoms with Gasteiger partial charge in [0.2, 0.25) is 0 Å². The Morgan fingerprint density at radius 2 is 1.00 bits per heavy atom. The third-order valence-electron chi connectivity index (χ3n) is 1.93. The molecule has 0 amide bonds. The van der Waals surface area contributed by atoms with E-state index in [2.05, 4.69) is 10.4 Å². The Bertz CT molecular complexity index is 499. The maximum atomic E-state index is 10.6. The number of benzene rings is 2. The second-order valence-electron chi connectivity index (χ2n) is 3.12. The van der Waals surface area contributed by atoms with Gasteiger partial charge in [-0.1, -0.05) is 47.9 Å². The summed E-state index contributed by atoms with van der Waals surface area (Å²) in [7, 11) is 0. The first-order chi connectivity index (χ1) is 8.69. The smallest absolute Gasteiger partial charge is 0.871 e. The summed E-state index contributed by atoms with van der Waals surface area (Å²) in [4.78, 5) is 19.6. The van der Waals surface area contributed by atoms with Gasteiger partial charge in [-0.3, -0.25) is 0 Å². The van der Waals surface area contributed by atoms with E-state index in [4.69, 9.17) is 0 Å². The first-order valence-electron chi connectivity index (χ1n) is 4.88. The Kier molecular flexibility index (Phi) is 8.06. The second-order valence-corrected chi connectivity index (χ2v) is 3.12. The molecule has 0 fully saturated rings. The zero-order chi connectivity index (χ0) is 13.4. The summed E-state index contributed by atoms with van der Waals surface area (Å²) in [5.41, 5.74) is -0.0602. The Balaban J connectivity index is 0.000000324. The molecule has 7 heteroatoms. The zero-order valence-corrected chi connectivity index (χ0v) is 11.3. The quantitative estimate of drug-likeness (QED) is 0.613. The fraction of sp³-hybridized carbons (Fsp3) is 0. The molecule has 0 aliphatic carbocycles. The van der Waals surface area contributed by atoms with Crippen LogP contribution in [0.1, 0.15) is 0 Å². The van der Waals surface area contributed by atoms with Crippen molar-refractivity contribution in [2.24, 2.45) is 10.4 Å². The number of nitroso groups, excluding NO2 is 2. The van der Waals surface area contributed by atoms with Gasteiger partial charge in [-0.05, 0) is 22.5 Å². The Morgan fingerprint density at radius 1 is 0.684 bits per heavy atom. The Hall–Kier alpha value is -1.99. The largest absolute Gasteiger partial charge is 2.00 e. The molecule has 0 unspecified atom stereocenters. The fourth-order valence-electron chi connectivity index (χ4n) is 1.07. The molecule has 2 rings (SSSR count). The molecule has 0 radical (unpaired) electrons. The molecule has 19 heavy (non-hydrogen) atoms. The summed E-state index contributed by atoms with van der Waals surface area (Å²) in [6.45, 7) is 0. The molecule has 0 spiro atoms. The number of para-hydroxylation sites is 2. The van der Waals surface area contributed by atoms with Crippen LogP contribution in [0.4, 0.5) is 11.4 Å². The van der Waals surface area contributed by atoms with Gasteiger partial charge in [0.1, 0.15) is 0 Å². The topological polar surface area (TPSA) is 105 Å². The molecule has 0 saturated heterocycles. The van der Waals surface area contributed by atoms with Gasteiger partial charge < -0.3 is 10.2 Å². The van der Waals surface area contributed by atoms with Crippen molar-refractivity contribution >= 4 is 34.4 Å². The maximum absolute atomic E-state index is 10.6. The molecule has 0 bridgehead atoms. The first kappa shape index (κ1) is 17.0. The van der Waals surface area contributed by atoms with Crippen LogP contribution in [-0.4, -0.2) is 23.1 Å². The predicted octanol–water partition coefficient (Wildman–Crippen LogP) is 1.94. The van der Waals surface area contributed by atoms with Crippen LogP contribution in [0.3, 0.4) is 0 Å². The number of nitrogens with zero attached hydrogens (tertiary/aromatic N) is 2. The predicted molar refractivity (Wildman–Crippen MR) is 68.4 cm³/mol. The molecule has 0 heterocycles. The Labute approximate surface area is 125 Å². The van der Waals surface area contributed by atoms with E-state index >= 15 is 0 Å². The average Bonchev–Trinajstić information content (AvgIpc) is 2.41. The van der Waals surface area contributed by atoms with Crippen LogP contribution in [0.15, 0.2) is 58.9 Å². The minimum atomic E-state index is -0.326. The van der Waals surface area contributed by atoms with Gasteiger partial charge >= 0.3 is 23.1 Å². The number of rotatable bonds is 2. The molecule has 2 aromatic rings. The molecule has 0 aromatic heterocycles. The fourth-order valence-corrected chi connectivity index (χ4v) is 1.07. The van der Waals surface area contributed by atoms with Gasteiger partial charge in [-0.25, -0.2) is 0 Å². The van der Waals surface area contributed by atoms with Crippen LogP contribution < -0.4 is 10.2 Å². The molecule has 0 aliphatic heterocycles. The molecular formula is C12H8MgN2O4. The van der Waals surface area contributed by atoms with Gasteiger partial charge in [0.05, 0.1) is 11.4 Å². The van der Waals surface area contributed by atoms with E-state index in [0.29, 0.717) is 0 Å². The van der Waals surface area contributed by atoms with Crippen molar-refractivity contribution < 1.29 is 10.2 Å². The van der Waals surface area contributed by atoms with E-state index in [9.17, 15) is 20.0 Å². The van der Waals surface area contributed by atoms with Crippen LogP contribution >= 0.6 is 0 Å². The molecular weight excluding hydrogens is 260 g/mol. The standard InChI is InChI=1S/2C6H5NO2.Mg/c2*8-6-4-2-1-3-5(6)7-9;/h2*1-4,8H;/q;;+2/p-2. The Morgan fingerprint density at radius 3 is 1.21 bits per heavy atom. The first-order valence-corrected chi connectivity index (χ1v) is 4.88. The minimum absolute atomic E-state index is 0. The summed E-state index contributed by atoms with van der Waals surface area (Å²) in [5, 5.41) is 26.1. The van der Waals surface area contributed by atoms with E-state index < -0.39 is 0 Å². The number of hydrogen-bond donors (Lipinski definition) is 0. The summed E-state index contributed by atoms with van der Waals surface area (Å²) in [6.07, 6.45) is 0. The van der Waals surface area contributed by atoms with Crippen molar-refractivity contribution in [3.63, 3.8) is 0 Å². The molecule has 0 N–H and O–H groups in total. The minimum Gasteiger partial charge on any atom is -0.871 e. The van der Waals surface area contributed by atoms with E-state index in [1.165, 1.54) is 24.3 Å². The van der Waals surface area contributed by atoms with Crippen LogP contribution in [0.2, 0.25) is 0 Å². The van der Waals surface area contributed by atoms with E-state index in [-0.39, 0.29) is 45.9 Å². The molecule has 0 saturated carbocycles. The van der Waals surface area contributed by atoms with Crippen LogP contribution in [0.25, 0.3) is 0 Å². The van der Waals surface area contributed by atoms with Gasteiger partial charge in [0, 0.05) is 0 Å².